The lowest BCUT2D eigenvalue weighted by Gasteiger charge is -2.06. The van der Waals surface area contributed by atoms with Crippen molar-refractivity contribution in [3.8, 4) is 16.9 Å². The van der Waals surface area contributed by atoms with Crippen LogP contribution in [0.5, 0.6) is 0 Å². The van der Waals surface area contributed by atoms with Crippen molar-refractivity contribution in [3.63, 3.8) is 0 Å². The fraction of sp³-hybridized carbons (Fsp3) is 0.167. The van der Waals surface area contributed by atoms with Gasteiger partial charge in [0.05, 0.1) is 5.69 Å². The molecule has 3 aromatic rings. The number of anilines is 1. The fourth-order valence-corrected chi connectivity index (χ4v) is 2.92. The van der Waals surface area contributed by atoms with E-state index in [4.69, 9.17) is 0 Å². The highest BCUT2D eigenvalue weighted by Crippen LogP contribution is 2.35. The number of hydrogen-bond acceptors (Lipinski definition) is 2. The first-order valence-electron chi connectivity index (χ1n) is 7.42. The summed E-state index contributed by atoms with van der Waals surface area (Å²) in [5, 5.41) is 8.05. The Labute approximate surface area is 128 Å². The minimum atomic E-state index is -0.231. The van der Waals surface area contributed by atoms with Gasteiger partial charge in [-0.25, -0.2) is 9.07 Å². The van der Waals surface area contributed by atoms with Gasteiger partial charge in [-0.15, -0.1) is 0 Å². The van der Waals surface area contributed by atoms with Crippen molar-refractivity contribution in [2.75, 3.05) is 11.9 Å². The molecule has 1 aliphatic heterocycles. The minimum Gasteiger partial charge on any atom is -0.369 e. The van der Waals surface area contributed by atoms with Gasteiger partial charge in [-0.1, -0.05) is 29.8 Å². The van der Waals surface area contributed by atoms with Crippen LogP contribution >= 0.6 is 0 Å². The van der Waals surface area contributed by atoms with Crippen molar-refractivity contribution in [2.45, 2.75) is 13.3 Å². The standard InChI is InChI=1S/C18H16FN3/c1-12-6-8-13(9-7-12)22-18-15(10-11-20-18)17(21-22)14-4-2-3-5-16(14)19/h2-9,20H,10-11H2,1H3. The number of rotatable bonds is 2. The summed E-state index contributed by atoms with van der Waals surface area (Å²) < 4.78 is 16.0. The van der Waals surface area contributed by atoms with E-state index in [-0.39, 0.29) is 5.82 Å². The smallest absolute Gasteiger partial charge is 0.133 e. The van der Waals surface area contributed by atoms with Crippen LogP contribution in [0.15, 0.2) is 48.5 Å². The van der Waals surface area contributed by atoms with Crippen molar-refractivity contribution in [3.05, 3.63) is 65.5 Å². The first kappa shape index (κ1) is 13.1. The van der Waals surface area contributed by atoms with E-state index in [1.165, 1.54) is 11.6 Å². The molecule has 3 nitrogen and oxygen atoms in total. The highest BCUT2D eigenvalue weighted by atomic mass is 19.1. The van der Waals surface area contributed by atoms with E-state index in [2.05, 4.69) is 29.5 Å². The highest BCUT2D eigenvalue weighted by Gasteiger charge is 2.25. The van der Waals surface area contributed by atoms with E-state index >= 15 is 0 Å². The summed E-state index contributed by atoms with van der Waals surface area (Å²) >= 11 is 0. The molecule has 1 aromatic heterocycles. The van der Waals surface area contributed by atoms with Crippen LogP contribution in [0.3, 0.4) is 0 Å². The molecule has 0 saturated carbocycles. The molecule has 4 rings (SSSR count). The molecular weight excluding hydrogens is 277 g/mol. The van der Waals surface area contributed by atoms with E-state index < -0.39 is 0 Å². The lowest BCUT2D eigenvalue weighted by Crippen LogP contribution is -2.04. The van der Waals surface area contributed by atoms with E-state index in [1.807, 2.05) is 22.9 Å². The molecule has 110 valence electrons. The van der Waals surface area contributed by atoms with Gasteiger partial charge in [0.2, 0.25) is 0 Å². The van der Waals surface area contributed by atoms with E-state index in [9.17, 15) is 4.39 Å². The number of nitrogens with one attached hydrogen (secondary N) is 1. The van der Waals surface area contributed by atoms with Crippen LogP contribution in [0.4, 0.5) is 10.2 Å². The quantitative estimate of drug-likeness (QED) is 0.775. The first-order chi connectivity index (χ1) is 10.7. The molecule has 0 spiro atoms. The summed E-state index contributed by atoms with van der Waals surface area (Å²) in [7, 11) is 0. The Morgan fingerprint density at radius 1 is 1.09 bits per heavy atom. The third-order valence-electron chi connectivity index (χ3n) is 4.06. The Kier molecular flexibility index (Phi) is 2.96. The molecule has 4 heteroatoms. The van der Waals surface area contributed by atoms with Gasteiger partial charge in [-0.3, -0.25) is 0 Å². The second-order valence-electron chi connectivity index (χ2n) is 5.58. The van der Waals surface area contributed by atoms with Crippen LogP contribution in [0.2, 0.25) is 0 Å². The Morgan fingerprint density at radius 2 is 1.86 bits per heavy atom. The molecule has 0 radical (unpaired) electrons. The Morgan fingerprint density at radius 3 is 2.64 bits per heavy atom. The summed E-state index contributed by atoms with van der Waals surface area (Å²) in [6.45, 7) is 2.92. The van der Waals surface area contributed by atoms with Gasteiger partial charge in [0, 0.05) is 17.7 Å². The molecule has 0 aliphatic carbocycles. The monoisotopic (exact) mass is 293 g/mol. The number of halogens is 1. The lowest BCUT2D eigenvalue weighted by atomic mass is 10.1. The maximum Gasteiger partial charge on any atom is 0.133 e. The van der Waals surface area contributed by atoms with Crippen LogP contribution < -0.4 is 5.32 Å². The van der Waals surface area contributed by atoms with Gasteiger partial charge >= 0.3 is 0 Å². The van der Waals surface area contributed by atoms with Gasteiger partial charge < -0.3 is 5.32 Å². The van der Waals surface area contributed by atoms with Gasteiger partial charge in [-0.05, 0) is 37.6 Å². The van der Waals surface area contributed by atoms with Crippen LogP contribution in [-0.2, 0) is 6.42 Å². The minimum absolute atomic E-state index is 0.231. The van der Waals surface area contributed by atoms with E-state index in [0.29, 0.717) is 5.56 Å². The number of aryl methyl sites for hydroxylation is 1. The summed E-state index contributed by atoms with van der Waals surface area (Å²) in [5.74, 6) is 0.743. The van der Waals surface area contributed by atoms with Gasteiger partial charge in [0.25, 0.3) is 0 Å². The fourth-order valence-electron chi connectivity index (χ4n) is 2.92. The van der Waals surface area contributed by atoms with Gasteiger partial charge in [0.1, 0.15) is 17.3 Å². The Bertz CT molecular complexity index is 834. The predicted octanol–water partition coefficient (Wildman–Crippen LogP) is 3.95. The molecule has 1 N–H and O–H groups in total. The zero-order valence-corrected chi connectivity index (χ0v) is 12.3. The molecule has 0 saturated heterocycles. The molecule has 0 amide bonds. The van der Waals surface area contributed by atoms with Crippen LogP contribution in [0.1, 0.15) is 11.1 Å². The van der Waals surface area contributed by atoms with Crippen LogP contribution in [-0.4, -0.2) is 16.3 Å². The number of aromatic nitrogens is 2. The molecule has 1 aliphatic rings. The predicted molar refractivity (Wildman–Crippen MR) is 85.9 cm³/mol. The summed E-state index contributed by atoms with van der Waals surface area (Å²) in [4.78, 5) is 0. The Balaban J connectivity index is 1.90. The first-order valence-corrected chi connectivity index (χ1v) is 7.42. The normalized spacial score (nSPS) is 13.0. The van der Waals surface area contributed by atoms with Crippen molar-refractivity contribution in [2.24, 2.45) is 0 Å². The largest absolute Gasteiger partial charge is 0.369 e. The van der Waals surface area contributed by atoms with E-state index in [1.54, 1.807) is 12.1 Å². The van der Waals surface area contributed by atoms with Crippen molar-refractivity contribution in [1.29, 1.82) is 0 Å². The van der Waals surface area contributed by atoms with Gasteiger partial charge in [0.15, 0.2) is 0 Å². The zero-order chi connectivity index (χ0) is 15.1. The van der Waals surface area contributed by atoms with Crippen LogP contribution in [0, 0.1) is 12.7 Å². The maximum atomic E-state index is 14.1. The molecule has 0 bridgehead atoms. The van der Waals surface area contributed by atoms with Gasteiger partial charge in [-0.2, -0.15) is 5.10 Å². The third kappa shape index (κ3) is 1.99. The number of hydrogen-bond donors (Lipinski definition) is 1. The van der Waals surface area contributed by atoms with Crippen molar-refractivity contribution >= 4 is 5.82 Å². The van der Waals surface area contributed by atoms with Crippen molar-refractivity contribution in [1.82, 2.24) is 9.78 Å². The molecule has 0 atom stereocenters. The average Bonchev–Trinajstić information content (AvgIpc) is 3.11. The summed E-state index contributed by atoms with van der Waals surface area (Å²) in [6, 6.07) is 15.0. The summed E-state index contributed by atoms with van der Waals surface area (Å²) in [6.07, 6.45) is 0.866. The van der Waals surface area contributed by atoms with E-state index in [0.717, 1.165) is 35.7 Å². The lowest BCUT2D eigenvalue weighted by molar-refractivity contribution is 0.630. The summed E-state index contributed by atoms with van der Waals surface area (Å²) in [5.41, 5.74) is 4.58. The topological polar surface area (TPSA) is 29.9 Å². The Hall–Kier alpha value is -2.62. The second kappa shape index (κ2) is 4.98. The zero-order valence-electron chi connectivity index (χ0n) is 12.3. The van der Waals surface area contributed by atoms with Crippen LogP contribution in [0.25, 0.3) is 16.9 Å². The number of nitrogens with zero attached hydrogens (tertiary/aromatic N) is 2. The number of benzene rings is 2. The molecule has 22 heavy (non-hydrogen) atoms. The molecule has 2 heterocycles. The number of fused-ring (bicyclic) bond motifs is 1. The second-order valence-corrected chi connectivity index (χ2v) is 5.58. The molecular formula is C18H16FN3. The van der Waals surface area contributed by atoms with Crippen molar-refractivity contribution < 1.29 is 4.39 Å². The maximum absolute atomic E-state index is 14.1. The third-order valence-corrected chi connectivity index (χ3v) is 4.06. The SMILES string of the molecule is Cc1ccc(-n2nc(-c3ccccc3F)c3c2NCC3)cc1. The highest BCUT2D eigenvalue weighted by molar-refractivity contribution is 5.73. The molecule has 2 aromatic carbocycles. The molecule has 0 fully saturated rings. The average molecular weight is 293 g/mol. The molecule has 0 unspecified atom stereocenters.